The van der Waals surface area contributed by atoms with Gasteiger partial charge in [-0.25, -0.2) is 0 Å². The fourth-order valence-corrected chi connectivity index (χ4v) is 2.30. The number of halogens is 3. The van der Waals surface area contributed by atoms with Crippen LogP contribution in [-0.2, 0) is 15.7 Å². The molecular weight excluding hydrogens is 321 g/mol. The monoisotopic (exact) mass is 346 g/mol. The van der Waals surface area contributed by atoms with E-state index in [1.807, 2.05) is 13.8 Å². The second-order valence-corrected chi connectivity index (χ2v) is 6.04. The van der Waals surface area contributed by atoms with Gasteiger partial charge in [0.25, 0.3) is 0 Å². The molecule has 0 aliphatic rings. The van der Waals surface area contributed by atoms with E-state index in [9.17, 15) is 18.0 Å². The van der Waals surface area contributed by atoms with Crippen LogP contribution in [0.15, 0.2) is 24.3 Å². The van der Waals surface area contributed by atoms with E-state index in [0.29, 0.717) is 25.1 Å². The molecule has 0 spiro atoms. The maximum atomic E-state index is 12.9. The van der Waals surface area contributed by atoms with Gasteiger partial charge in [0, 0.05) is 13.7 Å². The fraction of sp³-hybridized carbons (Fsp3) is 0.588. The minimum Gasteiger partial charge on any atom is -0.383 e. The van der Waals surface area contributed by atoms with Gasteiger partial charge in [-0.05, 0) is 30.0 Å². The molecule has 0 heterocycles. The Morgan fingerprint density at radius 2 is 2.00 bits per heavy atom. The molecule has 0 fully saturated rings. The van der Waals surface area contributed by atoms with Gasteiger partial charge in [-0.15, -0.1) is 0 Å². The average molecular weight is 346 g/mol. The van der Waals surface area contributed by atoms with Crippen LogP contribution in [0.1, 0.15) is 37.4 Å². The number of benzene rings is 1. The largest absolute Gasteiger partial charge is 0.416 e. The van der Waals surface area contributed by atoms with E-state index in [1.54, 1.807) is 13.2 Å². The first-order valence-electron chi connectivity index (χ1n) is 7.90. The molecule has 0 aliphatic heterocycles. The summed E-state index contributed by atoms with van der Waals surface area (Å²) in [4.78, 5) is 12.0. The van der Waals surface area contributed by atoms with Gasteiger partial charge in [0.1, 0.15) is 0 Å². The summed E-state index contributed by atoms with van der Waals surface area (Å²) in [6.07, 6.45) is -3.84. The second kappa shape index (κ2) is 9.64. The summed E-state index contributed by atoms with van der Waals surface area (Å²) in [5.74, 6) is -0.0274. The molecule has 0 saturated heterocycles. The van der Waals surface area contributed by atoms with Crippen LogP contribution in [0.25, 0.3) is 0 Å². The van der Waals surface area contributed by atoms with Gasteiger partial charge < -0.3 is 15.4 Å². The van der Waals surface area contributed by atoms with E-state index in [2.05, 4.69) is 10.6 Å². The van der Waals surface area contributed by atoms with Crippen molar-refractivity contribution in [1.82, 2.24) is 10.6 Å². The smallest absolute Gasteiger partial charge is 0.383 e. The molecule has 0 aromatic heterocycles. The zero-order valence-corrected chi connectivity index (χ0v) is 14.2. The van der Waals surface area contributed by atoms with Crippen LogP contribution in [0, 0.1) is 5.92 Å². The van der Waals surface area contributed by atoms with E-state index in [1.165, 1.54) is 6.07 Å². The normalized spacial score (nSPS) is 13.1. The molecule has 4 nitrogen and oxygen atoms in total. The first-order chi connectivity index (χ1) is 11.2. The Hall–Kier alpha value is -1.60. The van der Waals surface area contributed by atoms with Gasteiger partial charge in [0.05, 0.1) is 24.8 Å². The molecule has 1 amide bonds. The Morgan fingerprint density at radius 1 is 1.29 bits per heavy atom. The van der Waals surface area contributed by atoms with E-state index in [-0.39, 0.29) is 18.4 Å². The first-order valence-corrected chi connectivity index (χ1v) is 7.90. The molecule has 136 valence electrons. The Bertz CT molecular complexity index is 519. The molecule has 1 rings (SSSR count). The van der Waals surface area contributed by atoms with Crippen molar-refractivity contribution in [2.75, 3.05) is 26.8 Å². The average Bonchev–Trinajstić information content (AvgIpc) is 2.50. The van der Waals surface area contributed by atoms with Crippen LogP contribution >= 0.6 is 0 Å². The summed E-state index contributed by atoms with van der Waals surface area (Å²) < 4.78 is 43.5. The van der Waals surface area contributed by atoms with Crippen molar-refractivity contribution in [3.05, 3.63) is 35.4 Å². The number of nitrogens with one attached hydrogen (secondary N) is 2. The predicted octanol–water partition coefficient (Wildman–Crippen LogP) is 3.14. The highest BCUT2D eigenvalue weighted by Gasteiger charge is 2.31. The van der Waals surface area contributed by atoms with Crippen LogP contribution in [0.3, 0.4) is 0 Å². The summed E-state index contributed by atoms with van der Waals surface area (Å²) in [5, 5.41) is 5.73. The molecule has 0 saturated carbocycles. The summed E-state index contributed by atoms with van der Waals surface area (Å²) in [6, 6.07) is 4.66. The van der Waals surface area contributed by atoms with Crippen LogP contribution < -0.4 is 10.6 Å². The third-order valence-corrected chi connectivity index (χ3v) is 3.43. The standard InChI is InChI=1S/C17H25F3N2O2/c1-12(2)9-15(22-16(23)11-21-7-8-24-3)13-5-4-6-14(10-13)17(18,19)20/h4-6,10,12,15,21H,7-9,11H2,1-3H3,(H,22,23). The minimum absolute atomic E-state index is 0.0942. The molecule has 0 aliphatic carbocycles. The Balaban J connectivity index is 2.80. The van der Waals surface area contributed by atoms with Crippen molar-refractivity contribution in [3.8, 4) is 0 Å². The van der Waals surface area contributed by atoms with Crippen molar-refractivity contribution in [2.45, 2.75) is 32.5 Å². The quantitative estimate of drug-likeness (QED) is 0.676. The van der Waals surface area contributed by atoms with Crippen molar-refractivity contribution in [3.63, 3.8) is 0 Å². The predicted molar refractivity (Wildman–Crippen MR) is 86.5 cm³/mol. The summed E-state index contributed by atoms with van der Waals surface area (Å²) >= 11 is 0. The zero-order chi connectivity index (χ0) is 18.2. The molecule has 1 unspecified atom stereocenters. The molecule has 0 bridgehead atoms. The van der Waals surface area contributed by atoms with Gasteiger partial charge in [0.2, 0.25) is 5.91 Å². The molecular formula is C17H25F3N2O2. The molecule has 0 radical (unpaired) electrons. The third kappa shape index (κ3) is 7.31. The van der Waals surface area contributed by atoms with E-state index in [4.69, 9.17) is 4.74 Å². The topological polar surface area (TPSA) is 50.4 Å². The first kappa shape index (κ1) is 20.4. The van der Waals surface area contributed by atoms with Crippen LogP contribution in [0.2, 0.25) is 0 Å². The van der Waals surface area contributed by atoms with Gasteiger partial charge >= 0.3 is 6.18 Å². The molecule has 24 heavy (non-hydrogen) atoms. The number of ether oxygens (including phenoxy) is 1. The Kier molecular flexibility index (Phi) is 8.21. The highest BCUT2D eigenvalue weighted by molar-refractivity contribution is 5.78. The number of methoxy groups -OCH3 is 1. The van der Waals surface area contributed by atoms with Gasteiger partial charge in [-0.1, -0.05) is 26.0 Å². The van der Waals surface area contributed by atoms with Gasteiger partial charge in [-0.3, -0.25) is 4.79 Å². The molecule has 1 aromatic carbocycles. The lowest BCUT2D eigenvalue weighted by Gasteiger charge is -2.22. The minimum atomic E-state index is -4.40. The molecule has 7 heteroatoms. The van der Waals surface area contributed by atoms with Crippen LogP contribution in [-0.4, -0.2) is 32.7 Å². The Labute approximate surface area is 140 Å². The van der Waals surface area contributed by atoms with Crippen molar-refractivity contribution < 1.29 is 22.7 Å². The zero-order valence-electron chi connectivity index (χ0n) is 14.2. The van der Waals surface area contributed by atoms with E-state index >= 15 is 0 Å². The molecule has 1 aromatic rings. The lowest BCUT2D eigenvalue weighted by molar-refractivity contribution is -0.137. The van der Waals surface area contributed by atoms with Crippen molar-refractivity contribution >= 4 is 5.91 Å². The molecule has 2 N–H and O–H groups in total. The van der Waals surface area contributed by atoms with Crippen molar-refractivity contribution in [2.24, 2.45) is 5.92 Å². The summed E-state index contributed by atoms with van der Waals surface area (Å²) in [6.45, 7) is 5.03. The summed E-state index contributed by atoms with van der Waals surface area (Å²) in [7, 11) is 1.56. The number of hydrogen-bond donors (Lipinski definition) is 2. The number of amides is 1. The van der Waals surface area contributed by atoms with E-state index < -0.39 is 17.8 Å². The second-order valence-electron chi connectivity index (χ2n) is 6.04. The maximum absolute atomic E-state index is 12.9. The summed E-state index contributed by atoms with van der Waals surface area (Å²) in [5.41, 5.74) is -0.245. The van der Waals surface area contributed by atoms with Gasteiger partial charge in [0.15, 0.2) is 0 Å². The maximum Gasteiger partial charge on any atom is 0.416 e. The molecule has 1 atom stereocenters. The number of carbonyl (C=O) groups is 1. The fourth-order valence-electron chi connectivity index (χ4n) is 2.30. The lowest BCUT2D eigenvalue weighted by atomic mass is 9.95. The van der Waals surface area contributed by atoms with E-state index in [0.717, 1.165) is 12.1 Å². The van der Waals surface area contributed by atoms with Crippen LogP contribution in [0.5, 0.6) is 0 Å². The SMILES string of the molecule is COCCNCC(=O)NC(CC(C)C)c1cccc(C(F)(F)F)c1. The number of hydrogen-bond acceptors (Lipinski definition) is 3. The number of rotatable bonds is 9. The van der Waals surface area contributed by atoms with Gasteiger partial charge in [-0.2, -0.15) is 13.2 Å². The lowest BCUT2D eigenvalue weighted by Crippen LogP contribution is -2.37. The number of carbonyl (C=O) groups excluding carboxylic acids is 1. The van der Waals surface area contributed by atoms with Crippen molar-refractivity contribution in [1.29, 1.82) is 0 Å². The number of alkyl halides is 3. The Morgan fingerprint density at radius 3 is 2.58 bits per heavy atom. The highest BCUT2D eigenvalue weighted by atomic mass is 19.4. The van der Waals surface area contributed by atoms with Crippen LogP contribution in [0.4, 0.5) is 13.2 Å². The third-order valence-electron chi connectivity index (χ3n) is 3.43. The highest BCUT2D eigenvalue weighted by Crippen LogP contribution is 2.31.